The van der Waals surface area contributed by atoms with Crippen molar-refractivity contribution in [2.75, 3.05) is 11.4 Å². The molecule has 0 radical (unpaired) electrons. The van der Waals surface area contributed by atoms with E-state index in [0.717, 1.165) is 11.3 Å². The lowest BCUT2D eigenvalue weighted by atomic mass is 10.1. The van der Waals surface area contributed by atoms with E-state index in [0.29, 0.717) is 18.7 Å². The lowest BCUT2D eigenvalue weighted by Crippen LogP contribution is -2.29. The molecule has 2 N–H and O–H groups in total. The van der Waals surface area contributed by atoms with Crippen LogP contribution in [0.3, 0.4) is 0 Å². The molecular weight excluding hydrogens is 246 g/mol. The van der Waals surface area contributed by atoms with Gasteiger partial charge in [0.25, 0.3) is 5.91 Å². The van der Waals surface area contributed by atoms with Crippen LogP contribution in [0.4, 0.5) is 5.69 Å². The van der Waals surface area contributed by atoms with Crippen molar-refractivity contribution in [2.45, 2.75) is 6.42 Å². The Labute approximate surface area is 108 Å². The van der Waals surface area contributed by atoms with Crippen LogP contribution in [0.1, 0.15) is 26.4 Å². The first-order valence-electron chi connectivity index (χ1n) is 5.83. The average Bonchev–Trinajstić information content (AvgIpc) is 3.06. The highest BCUT2D eigenvalue weighted by atomic mass is 16.4. The van der Waals surface area contributed by atoms with Crippen LogP contribution >= 0.6 is 0 Å². The van der Waals surface area contributed by atoms with E-state index in [1.165, 1.54) is 18.6 Å². The van der Waals surface area contributed by atoms with Gasteiger partial charge < -0.3 is 15.0 Å². The summed E-state index contributed by atoms with van der Waals surface area (Å²) in [5.41, 5.74) is 2.32. The maximum absolute atomic E-state index is 12.2. The van der Waals surface area contributed by atoms with Crippen LogP contribution in [0.25, 0.3) is 0 Å². The van der Waals surface area contributed by atoms with E-state index in [9.17, 15) is 9.59 Å². The number of H-pyrrole nitrogens is 1. The van der Waals surface area contributed by atoms with Gasteiger partial charge in [-0.25, -0.2) is 9.78 Å². The molecule has 0 unspecified atom stereocenters. The molecule has 2 heterocycles. The standard InChI is InChI=1S/C13H11N3O3/c17-12(10-6-14-7-15-10)16-4-3-8-5-9(13(18)19)1-2-11(8)16/h1-2,5-7H,3-4H2,(H,14,15)(H,18,19). The van der Waals surface area contributed by atoms with Gasteiger partial charge in [0.15, 0.2) is 0 Å². The molecule has 19 heavy (non-hydrogen) atoms. The van der Waals surface area contributed by atoms with Crippen LogP contribution in [0, 0.1) is 0 Å². The fraction of sp³-hybridized carbons (Fsp3) is 0.154. The Hall–Kier alpha value is -2.63. The van der Waals surface area contributed by atoms with Crippen molar-refractivity contribution in [3.8, 4) is 0 Å². The number of aromatic amines is 1. The fourth-order valence-electron chi connectivity index (χ4n) is 2.26. The number of carboxylic acid groups (broad SMARTS) is 1. The van der Waals surface area contributed by atoms with E-state index >= 15 is 0 Å². The quantitative estimate of drug-likeness (QED) is 0.849. The number of hydrogen-bond donors (Lipinski definition) is 2. The van der Waals surface area contributed by atoms with E-state index in [1.54, 1.807) is 17.0 Å². The normalized spacial score (nSPS) is 13.4. The molecule has 6 heteroatoms. The molecule has 1 aliphatic rings. The molecule has 6 nitrogen and oxygen atoms in total. The molecule has 0 atom stereocenters. The number of anilines is 1. The van der Waals surface area contributed by atoms with Crippen molar-refractivity contribution in [1.29, 1.82) is 0 Å². The molecule has 96 valence electrons. The second-order valence-corrected chi connectivity index (χ2v) is 4.32. The van der Waals surface area contributed by atoms with Gasteiger partial charge in [0, 0.05) is 12.2 Å². The van der Waals surface area contributed by atoms with E-state index in [4.69, 9.17) is 5.11 Å². The largest absolute Gasteiger partial charge is 0.478 e. The highest BCUT2D eigenvalue weighted by Gasteiger charge is 2.26. The zero-order chi connectivity index (χ0) is 13.4. The van der Waals surface area contributed by atoms with Crippen LogP contribution in [0.2, 0.25) is 0 Å². The third-order valence-corrected chi connectivity index (χ3v) is 3.20. The van der Waals surface area contributed by atoms with Gasteiger partial charge in [-0.3, -0.25) is 4.79 Å². The molecule has 1 aromatic heterocycles. The molecule has 2 aromatic rings. The Bertz CT molecular complexity index is 649. The minimum atomic E-state index is -0.957. The van der Waals surface area contributed by atoms with Gasteiger partial charge in [-0.2, -0.15) is 0 Å². The monoisotopic (exact) mass is 257 g/mol. The SMILES string of the molecule is O=C(O)c1ccc2c(c1)CCN2C(=O)c1cnc[nH]1. The van der Waals surface area contributed by atoms with Gasteiger partial charge in [0.2, 0.25) is 0 Å². The van der Waals surface area contributed by atoms with Gasteiger partial charge in [-0.05, 0) is 30.2 Å². The summed E-state index contributed by atoms with van der Waals surface area (Å²) in [5, 5.41) is 8.95. The number of aromatic nitrogens is 2. The van der Waals surface area contributed by atoms with Crippen molar-refractivity contribution < 1.29 is 14.7 Å². The number of aromatic carboxylic acids is 1. The number of carboxylic acids is 1. The van der Waals surface area contributed by atoms with E-state index in [-0.39, 0.29) is 11.5 Å². The Morgan fingerprint density at radius 1 is 1.37 bits per heavy atom. The van der Waals surface area contributed by atoms with Crippen molar-refractivity contribution in [3.63, 3.8) is 0 Å². The first kappa shape index (κ1) is 11.5. The maximum Gasteiger partial charge on any atom is 0.335 e. The van der Waals surface area contributed by atoms with Crippen molar-refractivity contribution in [2.24, 2.45) is 0 Å². The number of rotatable bonds is 2. The minimum Gasteiger partial charge on any atom is -0.478 e. The maximum atomic E-state index is 12.2. The smallest absolute Gasteiger partial charge is 0.335 e. The van der Waals surface area contributed by atoms with Gasteiger partial charge in [-0.1, -0.05) is 0 Å². The summed E-state index contributed by atoms with van der Waals surface area (Å²) in [7, 11) is 0. The van der Waals surface area contributed by atoms with Crippen LogP contribution in [0.5, 0.6) is 0 Å². The number of carbonyl (C=O) groups excluding carboxylic acids is 1. The third-order valence-electron chi connectivity index (χ3n) is 3.20. The van der Waals surface area contributed by atoms with E-state index < -0.39 is 5.97 Å². The van der Waals surface area contributed by atoms with Crippen molar-refractivity contribution >= 4 is 17.6 Å². The number of nitrogens with one attached hydrogen (secondary N) is 1. The number of hydrogen-bond acceptors (Lipinski definition) is 3. The van der Waals surface area contributed by atoms with E-state index in [2.05, 4.69) is 9.97 Å². The average molecular weight is 257 g/mol. The molecule has 0 spiro atoms. The van der Waals surface area contributed by atoms with E-state index in [1.807, 2.05) is 0 Å². The lowest BCUT2D eigenvalue weighted by Gasteiger charge is -2.16. The number of carbonyl (C=O) groups is 2. The molecule has 0 saturated carbocycles. The van der Waals surface area contributed by atoms with Crippen molar-refractivity contribution in [3.05, 3.63) is 47.5 Å². The summed E-state index contributed by atoms with van der Waals surface area (Å²) >= 11 is 0. The summed E-state index contributed by atoms with van der Waals surface area (Å²) < 4.78 is 0. The summed E-state index contributed by atoms with van der Waals surface area (Å²) in [5.74, 6) is -1.11. The number of fused-ring (bicyclic) bond motifs is 1. The second kappa shape index (κ2) is 4.24. The zero-order valence-corrected chi connectivity index (χ0v) is 9.96. The molecule has 1 aliphatic heterocycles. The third kappa shape index (κ3) is 1.87. The van der Waals surface area contributed by atoms with Gasteiger partial charge in [0.05, 0.1) is 18.1 Å². The molecule has 0 saturated heterocycles. The predicted molar refractivity (Wildman–Crippen MR) is 67.4 cm³/mol. The zero-order valence-electron chi connectivity index (χ0n) is 9.96. The lowest BCUT2D eigenvalue weighted by molar-refractivity contribution is 0.0696. The highest BCUT2D eigenvalue weighted by Crippen LogP contribution is 2.29. The Morgan fingerprint density at radius 3 is 2.89 bits per heavy atom. The molecule has 3 rings (SSSR count). The molecular formula is C13H11N3O3. The van der Waals surface area contributed by atoms with Gasteiger partial charge >= 0.3 is 5.97 Å². The molecule has 0 fully saturated rings. The fourth-order valence-corrected chi connectivity index (χ4v) is 2.26. The van der Waals surface area contributed by atoms with Crippen LogP contribution in [0.15, 0.2) is 30.7 Å². The predicted octanol–water partition coefficient (Wildman–Crippen LogP) is 1.31. The first-order chi connectivity index (χ1) is 9.16. The summed E-state index contributed by atoms with van der Waals surface area (Å²) in [6, 6.07) is 4.82. The summed E-state index contributed by atoms with van der Waals surface area (Å²) in [4.78, 5) is 31.4. The van der Waals surface area contributed by atoms with Gasteiger partial charge in [0.1, 0.15) is 5.69 Å². The number of imidazole rings is 1. The summed E-state index contributed by atoms with van der Waals surface area (Å²) in [6.45, 7) is 0.552. The Balaban J connectivity index is 1.94. The number of nitrogens with zero attached hydrogens (tertiary/aromatic N) is 2. The summed E-state index contributed by atoms with van der Waals surface area (Å²) in [6.07, 6.45) is 3.60. The van der Waals surface area contributed by atoms with Crippen LogP contribution in [-0.2, 0) is 6.42 Å². The molecule has 0 aliphatic carbocycles. The van der Waals surface area contributed by atoms with Crippen LogP contribution in [-0.4, -0.2) is 33.5 Å². The van der Waals surface area contributed by atoms with Gasteiger partial charge in [-0.15, -0.1) is 0 Å². The highest BCUT2D eigenvalue weighted by molar-refractivity contribution is 6.06. The molecule has 1 aromatic carbocycles. The topological polar surface area (TPSA) is 86.3 Å². The first-order valence-corrected chi connectivity index (χ1v) is 5.83. The molecule has 0 bridgehead atoms. The molecule has 1 amide bonds. The Kier molecular flexibility index (Phi) is 2.56. The van der Waals surface area contributed by atoms with Crippen molar-refractivity contribution in [1.82, 2.24) is 9.97 Å². The Morgan fingerprint density at radius 2 is 2.21 bits per heavy atom. The van der Waals surface area contributed by atoms with Crippen LogP contribution < -0.4 is 4.90 Å². The second-order valence-electron chi connectivity index (χ2n) is 4.32. The number of benzene rings is 1. The number of amides is 1. The minimum absolute atomic E-state index is 0.153.